The van der Waals surface area contributed by atoms with Gasteiger partial charge in [-0.05, 0) is 61.7 Å². The van der Waals surface area contributed by atoms with Crippen LogP contribution in [-0.4, -0.2) is 33.0 Å². The molecule has 1 unspecified atom stereocenters. The van der Waals surface area contributed by atoms with Crippen molar-refractivity contribution in [3.63, 3.8) is 0 Å². The molecular weight excluding hydrogens is 390 g/mol. The highest BCUT2D eigenvalue weighted by atomic mass is 32.2. The summed E-state index contributed by atoms with van der Waals surface area (Å²) in [6.45, 7) is 2.54. The number of benzene rings is 2. The fraction of sp³-hybridized carbons (Fsp3) is 0.333. The summed E-state index contributed by atoms with van der Waals surface area (Å²) in [6, 6.07) is 13.6. The number of rotatable bonds is 6. The third kappa shape index (κ3) is 5.57. The Morgan fingerprint density at radius 2 is 1.83 bits per heavy atom. The Morgan fingerprint density at radius 1 is 1.10 bits per heavy atom. The molecule has 3 rings (SSSR count). The molecule has 1 aliphatic rings. The van der Waals surface area contributed by atoms with Gasteiger partial charge < -0.3 is 10.2 Å². The molecule has 154 valence electrons. The van der Waals surface area contributed by atoms with Crippen LogP contribution in [0.2, 0.25) is 0 Å². The molecule has 2 aromatic rings. The quantitative estimate of drug-likeness (QED) is 0.758. The lowest BCUT2D eigenvalue weighted by Gasteiger charge is -2.26. The van der Waals surface area contributed by atoms with E-state index in [4.69, 9.17) is 0 Å². The van der Waals surface area contributed by atoms with E-state index in [1.165, 1.54) is 0 Å². The first-order valence-electron chi connectivity index (χ1n) is 9.52. The number of nitrogens with zero attached hydrogens (tertiary/aromatic N) is 1. The first kappa shape index (κ1) is 20.9. The first-order chi connectivity index (χ1) is 13.7. The maximum Gasteiger partial charge on any atom is 0.251 e. The molecule has 2 amide bonds. The lowest BCUT2D eigenvalue weighted by Crippen LogP contribution is -2.35. The molecule has 0 spiro atoms. The van der Waals surface area contributed by atoms with Crippen molar-refractivity contribution < 1.29 is 18.0 Å². The monoisotopic (exact) mass is 415 g/mol. The van der Waals surface area contributed by atoms with E-state index in [2.05, 4.69) is 10.0 Å². The molecule has 0 aliphatic carbocycles. The van der Waals surface area contributed by atoms with Crippen LogP contribution in [0.15, 0.2) is 48.5 Å². The van der Waals surface area contributed by atoms with Gasteiger partial charge in [0.25, 0.3) is 5.91 Å². The zero-order chi connectivity index (χ0) is 21.0. The number of carbonyl (C=O) groups excluding carboxylic acids is 2. The Hall–Kier alpha value is -2.87. The second-order valence-corrected chi connectivity index (χ2v) is 8.99. The lowest BCUT2D eigenvalue weighted by molar-refractivity contribution is -0.119. The number of hydrogen-bond donors (Lipinski definition) is 2. The van der Waals surface area contributed by atoms with E-state index in [1.54, 1.807) is 47.4 Å². The van der Waals surface area contributed by atoms with Crippen molar-refractivity contribution in [1.82, 2.24) is 5.32 Å². The lowest BCUT2D eigenvalue weighted by atomic mass is 10.1. The van der Waals surface area contributed by atoms with Gasteiger partial charge in [0.1, 0.15) is 0 Å². The molecule has 8 heteroatoms. The molecule has 2 N–H and O–H groups in total. The van der Waals surface area contributed by atoms with Crippen molar-refractivity contribution in [1.29, 1.82) is 0 Å². The van der Waals surface area contributed by atoms with Crippen molar-refractivity contribution in [2.75, 3.05) is 22.4 Å². The third-order valence-electron chi connectivity index (χ3n) is 4.80. The molecule has 0 aromatic heterocycles. The Balaban J connectivity index is 1.67. The molecule has 1 saturated heterocycles. The van der Waals surface area contributed by atoms with Gasteiger partial charge in [-0.15, -0.1) is 0 Å². The van der Waals surface area contributed by atoms with Crippen LogP contribution in [0.4, 0.5) is 11.4 Å². The Bertz CT molecular complexity index is 1000. The van der Waals surface area contributed by atoms with Crippen LogP contribution in [0.25, 0.3) is 0 Å². The molecule has 0 bridgehead atoms. The molecule has 1 aliphatic heterocycles. The number of carbonyl (C=O) groups is 2. The van der Waals surface area contributed by atoms with Crippen LogP contribution in [0.1, 0.15) is 48.1 Å². The van der Waals surface area contributed by atoms with Gasteiger partial charge in [0, 0.05) is 29.9 Å². The van der Waals surface area contributed by atoms with E-state index < -0.39 is 10.0 Å². The minimum absolute atomic E-state index is 0.115. The predicted octanol–water partition coefficient (Wildman–Crippen LogP) is 3.07. The first-order valence-corrected chi connectivity index (χ1v) is 11.4. The molecule has 0 saturated carbocycles. The normalized spacial score (nSPS) is 15.7. The van der Waals surface area contributed by atoms with Gasteiger partial charge in [0.15, 0.2) is 0 Å². The number of nitrogens with one attached hydrogen (secondary N) is 2. The third-order valence-corrected chi connectivity index (χ3v) is 5.41. The van der Waals surface area contributed by atoms with Gasteiger partial charge in [-0.1, -0.05) is 12.1 Å². The summed E-state index contributed by atoms with van der Waals surface area (Å²) >= 11 is 0. The molecular formula is C21H25N3O4S. The summed E-state index contributed by atoms with van der Waals surface area (Å²) in [5.41, 5.74) is 2.53. The molecule has 0 radical (unpaired) electrons. The Labute approximate surface area is 171 Å². The molecule has 29 heavy (non-hydrogen) atoms. The van der Waals surface area contributed by atoms with Crippen molar-refractivity contribution in [3.8, 4) is 0 Å². The highest BCUT2D eigenvalue weighted by Gasteiger charge is 2.20. The number of hydrogen-bond acceptors (Lipinski definition) is 4. The summed E-state index contributed by atoms with van der Waals surface area (Å²) in [5.74, 6) is -0.125. The molecule has 1 fully saturated rings. The highest BCUT2D eigenvalue weighted by molar-refractivity contribution is 7.92. The highest BCUT2D eigenvalue weighted by Crippen LogP contribution is 2.22. The van der Waals surface area contributed by atoms with Crippen molar-refractivity contribution in [2.24, 2.45) is 0 Å². The van der Waals surface area contributed by atoms with E-state index in [-0.39, 0.29) is 17.9 Å². The smallest absolute Gasteiger partial charge is 0.251 e. The van der Waals surface area contributed by atoms with Crippen LogP contribution in [0.5, 0.6) is 0 Å². The largest absolute Gasteiger partial charge is 0.346 e. The summed E-state index contributed by atoms with van der Waals surface area (Å²) in [5, 5.41) is 2.91. The van der Waals surface area contributed by atoms with Crippen molar-refractivity contribution in [2.45, 2.75) is 32.2 Å². The summed E-state index contributed by atoms with van der Waals surface area (Å²) in [6.07, 6.45) is 3.56. The van der Waals surface area contributed by atoms with Gasteiger partial charge in [0.2, 0.25) is 15.9 Å². The van der Waals surface area contributed by atoms with Crippen LogP contribution < -0.4 is 14.9 Å². The predicted molar refractivity (Wildman–Crippen MR) is 113 cm³/mol. The average molecular weight is 416 g/mol. The zero-order valence-electron chi connectivity index (χ0n) is 16.5. The second-order valence-electron chi connectivity index (χ2n) is 7.24. The molecule has 1 heterocycles. The number of amides is 2. The van der Waals surface area contributed by atoms with Gasteiger partial charge >= 0.3 is 0 Å². The SMILES string of the molecule is CC(NC(=O)c1ccc(N2CCCCC2=O)cc1)c1cccc(NS(C)(=O)=O)c1. The van der Waals surface area contributed by atoms with E-state index in [1.807, 2.05) is 13.0 Å². The van der Waals surface area contributed by atoms with E-state index >= 15 is 0 Å². The summed E-state index contributed by atoms with van der Waals surface area (Å²) in [7, 11) is -3.37. The van der Waals surface area contributed by atoms with Crippen LogP contribution >= 0.6 is 0 Å². The minimum Gasteiger partial charge on any atom is -0.346 e. The Morgan fingerprint density at radius 3 is 2.48 bits per heavy atom. The number of anilines is 2. The van der Waals surface area contributed by atoms with E-state index in [0.717, 1.165) is 30.3 Å². The standard InChI is InChI=1S/C21H25N3O4S/c1-15(17-6-5-7-18(14-17)23-29(2,27)28)22-21(26)16-9-11-19(12-10-16)24-13-4-3-8-20(24)25/h5-7,9-12,14-15,23H,3-4,8,13H2,1-2H3,(H,22,26). The fourth-order valence-electron chi connectivity index (χ4n) is 3.32. The van der Waals surface area contributed by atoms with Crippen molar-refractivity contribution >= 4 is 33.2 Å². The topological polar surface area (TPSA) is 95.6 Å². The van der Waals surface area contributed by atoms with Gasteiger partial charge in [-0.2, -0.15) is 0 Å². The zero-order valence-corrected chi connectivity index (χ0v) is 17.3. The van der Waals surface area contributed by atoms with Crippen LogP contribution in [0.3, 0.4) is 0 Å². The number of piperidine rings is 1. The second kappa shape index (κ2) is 8.65. The average Bonchev–Trinajstić information content (AvgIpc) is 2.67. The maximum absolute atomic E-state index is 12.6. The fourth-order valence-corrected chi connectivity index (χ4v) is 3.88. The van der Waals surface area contributed by atoms with E-state index in [0.29, 0.717) is 24.2 Å². The van der Waals surface area contributed by atoms with Crippen LogP contribution in [-0.2, 0) is 14.8 Å². The number of sulfonamides is 1. The van der Waals surface area contributed by atoms with E-state index in [9.17, 15) is 18.0 Å². The molecule has 2 aromatic carbocycles. The Kier molecular flexibility index (Phi) is 6.22. The summed E-state index contributed by atoms with van der Waals surface area (Å²) < 4.78 is 25.2. The van der Waals surface area contributed by atoms with Gasteiger partial charge in [-0.3, -0.25) is 14.3 Å². The van der Waals surface area contributed by atoms with Gasteiger partial charge in [0.05, 0.1) is 12.3 Å². The minimum atomic E-state index is -3.37. The molecule has 7 nitrogen and oxygen atoms in total. The molecule has 1 atom stereocenters. The maximum atomic E-state index is 12.6. The van der Waals surface area contributed by atoms with Crippen molar-refractivity contribution in [3.05, 3.63) is 59.7 Å². The summed E-state index contributed by atoms with van der Waals surface area (Å²) in [4.78, 5) is 26.4. The van der Waals surface area contributed by atoms with Crippen LogP contribution in [0, 0.1) is 0 Å². The van der Waals surface area contributed by atoms with Gasteiger partial charge in [-0.25, -0.2) is 8.42 Å².